The number of amides is 1. The highest BCUT2D eigenvalue weighted by Crippen LogP contribution is 2.46. The van der Waals surface area contributed by atoms with Crippen molar-refractivity contribution in [3.63, 3.8) is 0 Å². The van der Waals surface area contributed by atoms with Gasteiger partial charge in [0.2, 0.25) is 0 Å². The SMILES string of the molecule is O=C(NCCCN1CCOCC1)c1nn2c(c1Cl)N[C@@H](c1ccc(Cl)cc1)C[C@H]2C(F)(F)F. The smallest absolute Gasteiger partial charge is 0.379 e. The van der Waals surface area contributed by atoms with Crippen molar-refractivity contribution in [1.82, 2.24) is 20.0 Å². The summed E-state index contributed by atoms with van der Waals surface area (Å²) < 4.78 is 47.7. The number of fused-ring (bicyclic) bond motifs is 1. The van der Waals surface area contributed by atoms with Crippen LogP contribution in [0.2, 0.25) is 10.0 Å². The summed E-state index contributed by atoms with van der Waals surface area (Å²) in [5, 5.41) is 10.0. The van der Waals surface area contributed by atoms with Crippen molar-refractivity contribution in [2.45, 2.75) is 31.1 Å². The molecule has 2 aromatic rings. The topological polar surface area (TPSA) is 71.4 Å². The van der Waals surface area contributed by atoms with E-state index in [4.69, 9.17) is 27.9 Å². The van der Waals surface area contributed by atoms with Crippen LogP contribution in [0.25, 0.3) is 0 Å². The Kier molecular flexibility index (Phi) is 7.37. The van der Waals surface area contributed by atoms with Crippen molar-refractivity contribution in [1.29, 1.82) is 0 Å². The van der Waals surface area contributed by atoms with Crippen molar-refractivity contribution in [3.05, 3.63) is 45.6 Å². The monoisotopic (exact) mass is 505 g/mol. The maximum atomic E-state index is 13.9. The average Bonchev–Trinajstić information content (AvgIpc) is 3.13. The van der Waals surface area contributed by atoms with Gasteiger partial charge in [-0.15, -0.1) is 0 Å². The van der Waals surface area contributed by atoms with Crippen LogP contribution in [-0.2, 0) is 4.74 Å². The summed E-state index contributed by atoms with van der Waals surface area (Å²) in [7, 11) is 0. The largest absolute Gasteiger partial charge is 0.410 e. The van der Waals surface area contributed by atoms with Crippen molar-refractivity contribution in [3.8, 4) is 0 Å². The van der Waals surface area contributed by atoms with Crippen molar-refractivity contribution < 1.29 is 22.7 Å². The van der Waals surface area contributed by atoms with Gasteiger partial charge >= 0.3 is 6.18 Å². The van der Waals surface area contributed by atoms with Gasteiger partial charge in [-0.1, -0.05) is 35.3 Å². The third kappa shape index (κ3) is 5.56. The first-order valence-corrected chi connectivity index (χ1v) is 11.4. The summed E-state index contributed by atoms with van der Waals surface area (Å²) in [6, 6.07) is 3.97. The Morgan fingerprint density at radius 1 is 1.21 bits per heavy atom. The minimum absolute atomic E-state index is 0.0244. The molecule has 2 aliphatic rings. The van der Waals surface area contributed by atoms with Gasteiger partial charge < -0.3 is 15.4 Å². The molecule has 2 atom stereocenters. The van der Waals surface area contributed by atoms with Crippen LogP contribution >= 0.6 is 23.2 Å². The molecule has 1 saturated heterocycles. The van der Waals surface area contributed by atoms with E-state index in [9.17, 15) is 18.0 Å². The minimum Gasteiger partial charge on any atom is -0.379 e. The van der Waals surface area contributed by atoms with Crippen molar-refractivity contribution in [2.24, 2.45) is 0 Å². The molecule has 0 radical (unpaired) electrons. The molecule has 1 aromatic heterocycles. The Balaban J connectivity index is 1.48. The molecule has 1 fully saturated rings. The van der Waals surface area contributed by atoms with Crippen LogP contribution in [0.1, 0.15) is 41.0 Å². The maximum absolute atomic E-state index is 13.9. The normalized spacial score (nSPS) is 21.4. The fraction of sp³-hybridized carbons (Fsp3) is 0.524. The summed E-state index contributed by atoms with van der Waals surface area (Å²) in [5.74, 6) is -0.627. The van der Waals surface area contributed by atoms with E-state index < -0.39 is 24.2 Å². The van der Waals surface area contributed by atoms with E-state index in [1.807, 2.05) is 0 Å². The highest BCUT2D eigenvalue weighted by atomic mass is 35.5. The summed E-state index contributed by atoms with van der Waals surface area (Å²) in [6.45, 7) is 4.20. The van der Waals surface area contributed by atoms with Gasteiger partial charge in [-0.3, -0.25) is 9.69 Å². The third-order valence-corrected chi connectivity index (χ3v) is 6.43. The Labute approximate surface area is 199 Å². The number of ether oxygens (including phenoxy) is 1. The van der Waals surface area contributed by atoms with Crippen LogP contribution in [0, 0.1) is 0 Å². The predicted octanol–water partition coefficient (Wildman–Crippen LogP) is 4.30. The molecule has 12 heteroatoms. The first kappa shape index (κ1) is 24.1. The number of nitrogens with zero attached hydrogens (tertiary/aromatic N) is 3. The maximum Gasteiger partial charge on any atom is 0.410 e. The average molecular weight is 506 g/mol. The van der Waals surface area contributed by atoms with E-state index in [-0.39, 0.29) is 23.0 Å². The fourth-order valence-electron chi connectivity index (χ4n) is 4.06. The summed E-state index contributed by atoms with van der Waals surface area (Å²) >= 11 is 12.3. The number of hydrogen-bond acceptors (Lipinski definition) is 5. The highest BCUT2D eigenvalue weighted by molar-refractivity contribution is 6.36. The molecule has 0 saturated carbocycles. The highest BCUT2D eigenvalue weighted by Gasteiger charge is 2.47. The lowest BCUT2D eigenvalue weighted by Gasteiger charge is -2.33. The lowest BCUT2D eigenvalue weighted by Crippen LogP contribution is -2.38. The molecule has 2 N–H and O–H groups in total. The van der Waals surface area contributed by atoms with Gasteiger partial charge in [-0.25, -0.2) is 4.68 Å². The van der Waals surface area contributed by atoms with Gasteiger partial charge in [0, 0.05) is 31.1 Å². The Morgan fingerprint density at radius 3 is 2.58 bits per heavy atom. The zero-order valence-corrected chi connectivity index (χ0v) is 19.2. The summed E-state index contributed by atoms with van der Waals surface area (Å²) in [6.07, 6.45) is -4.17. The van der Waals surface area contributed by atoms with Crippen LogP contribution in [0.3, 0.4) is 0 Å². The zero-order chi connectivity index (χ0) is 23.6. The number of hydrogen-bond donors (Lipinski definition) is 2. The van der Waals surface area contributed by atoms with E-state index in [0.717, 1.165) is 24.3 Å². The van der Waals surface area contributed by atoms with Crippen LogP contribution in [0.5, 0.6) is 0 Å². The quantitative estimate of drug-likeness (QED) is 0.572. The molecule has 3 heterocycles. The number of carbonyl (C=O) groups excluding carboxylic acids is 1. The van der Waals surface area contributed by atoms with Crippen molar-refractivity contribution in [2.75, 3.05) is 44.7 Å². The van der Waals surface area contributed by atoms with Crippen molar-refractivity contribution >= 4 is 34.9 Å². The van der Waals surface area contributed by atoms with Gasteiger partial charge in [0.05, 0.1) is 19.3 Å². The molecule has 0 bridgehead atoms. The number of anilines is 1. The Hall–Kier alpha value is -2.01. The molecular formula is C21H24Cl2F3N5O2. The Bertz CT molecular complexity index is 978. The van der Waals surface area contributed by atoms with E-state index in [2.05, 4.69) is 20.6 Å². The molecule has 7 nitrogen and oxygen atoms in total. The number of nitrogens with one attached hydrogen (secondary N) is 2. The molecular weight excluding hydrogens is 482 g/mol. The second-order valence-electron chi connectivity index (χ2n) is 8.06. The molecule has 33 heavy (non-hydrogen) atoms. The standard InChI is InChI=1S/C21H24Cl2F3N5O2/c22-14-4-2-13(3-5-14)15-12-16(21(24,25)26)31-19(28-15)17(23)18(29-31)20(32)27-6-1-7-30-8-10-33-11-9-30/h2-5,15-16,28H,1,6-12H2,(H,27,32)/t15-,16+/m1/s1. The summed E-state index contributed by atoms with van der Waals surface area (Å²) in [5.41, 5.74) is 0.405. The van der Waals surface area contributed by atoms with Gasteiger partial charge in [0.15, 0.2) is 11.7 Å². The molecule has 2 aliphatic heterocycles. The second-order valence-corrected chi connectivity index (χ2v) is 8.88. The lowest BCUT2D eigenvalue weighted by atomic mass is 9.97. The predicted molar refractivity (Wildman–Crippen MR) is 119 cm³/mol. The van der Waals surface area contributed by atoms with Crippen LogP contribution in [-0.4, -0.2) is 66.2 Å². The number of alkyl halides is 3. The van der Waals surface area contributed by atoms with E-state index in [0.29, 0.717) is 36.8 Å². The molecule has 0 spiro atoms. The van der Waals surface area contributed by atoms with Crippen LogP contribution < -0.4 is 10.6 Å². The third-order valence-electron chi connectivity index (χ3n) is 5.82. The number of benzene rings is 1. The number of morpholine rings is 1. The lowest BCUT2D eigenvalue weighted by molar-refractivity contribution is -0.173. The van der Waals surface area contributed by atoms with Crippen LogP contribution in [0.4, 0.5) is 19.0 Å². The van der Waals surface area contributed by atoms with E-state index in [1.54, 1.807) is 24.3 Å². The van der Waals surface area contributed by atoms with E-state index in [1.165, 1.54) is 0 Å². The molecule has 1 aromatic carbocycles. The van der Waals surface area contributed by atoms with Crippen LogP contribution in [0.15, 0.2) is 24.3 Å². The summed E-state index contributed by atoms with van der Waals surface area (Å²) in [4.78, 5) is 14.9. The Morgan fingerprint density at radius 2 is 1.91 bits per heavy atom. The zero-order valence-electron chi connectivity index (χ0n) is 17.7. The minimum atomic E-state index is -4.57. The first-order valence-electron chi connectivity index (χ1n) is 10.7. The van der Waals surface area contributed by atoms with Gasteiger partial charge in [-0.05, 0) is 30.7 Å². The number of rotatable bonds is 6. The fourth-order valence-corrected chi connectivity index (χ4v) is 4.45. The van der Waals surface area contributed by atoms with E-state index >= 15 is 0 Å². The molecule has 0 unspecified atom stereocenters. The number of carbonyl (C=O) groups is 1. The molecule has 0 aliphatic carbocycles. The number of halogens is 5. The first-order chi connectivity index (χ1) is 15.7. The molecule has 180 valence electrons. The van der Waals surface area contributed by atoms with Gasteiger partial charge in [-0.2, -0.15) is 18.3 Å². The molecule has 4 rings (SSSR count). The molecule has 1 amide bonds. The second kappa shape index (κ2) is 10.1. The van der Waals surface area contributed by atoms with Gasteiger partial charge in [0.25, 0.3) is 5.91 Å². The number of aromatic nitrogens is 2. The van der Waals surface area contributed by atoms with Gasteiger partial charge in [0.1, 0.15) is 10.8 Å².